The molecule has 0 saturated carbocycles. The van der Waals surface area contributed by atoms with E-state index in [4.69, 9.17) is 5.11 Å². The van der Waals surface area contributed by atoms with Crippen LogP contribution in [0.4, 0.5) is 0 Å². The van der Waals surface area contributed by atoms with Crippen molar-refractivity contribution in [1.29, 1.82) is 0 Å². The fraction of sp³-hybridized carbons (Fsp3) is 0.833. The van der Waals surface area contributed by atoms with Crippen LogP contribution in [0.2, 0.25) is 0 Å². The maximum absolute atomic E-state index is 10.2. The average Bonchev–Trinajstić information content (AvgIpc) is 1.84. The number of carbonyl (C=O) groups is 1. The monoisotopic (exact) mass is 180 g/mol. The number of rotatable bonds is 5. The standard InChI is InChI=1S/C6H12O4S/c1-2-5(3-6(7)8)4-11(9)10/h5,11H,2-4H2,1H3,(H,7,8). The maximum atomic E-state index is 10.2. The van der Waals surface area contributed by atoms with Gasteiger partial charge in [-0.3, -0.25) is 4.79 Å². The van der Waals surface area contributed by atoms with Crippen molar-refractivity contribution in [2.24, 2.45) is 5.92 Å². The molecule has 0 aromatic heterocycles. The summed E-state index contributed by atoms with van der Waals surface area (Å²) < 4.78 is 20.4. The first-order valence-corrected chi connectivity index (χ1v) is 4.76. The van der Waals surface area contributed by atoms with E-state index in [9.17, 15) is 13.2 Å². The van der Waals surface area contributed by atoms with Gasteiger partial charge in [0.1, 0.15) is 10.7 Å². The largest absolute Gasteiger partial charge is 0.481 e. The summed E-state index contributed by atoms with van der Waals surface area (Å²) in [6, 6.07) is 0. The summed E-state index contributed by atoms with van der Waals surface area (Å²) in [6.07, 6.45) is 0.537. The van der Waals surface area contributed by atoms with E-state index in [-0.39, 0.29) is 18.1 Å². The second-order valence-corrected chi connectivity index (χ2v) is 3.42. The fourth-order valence-corrected chi connectivity index (χ4v) is 1.60. The normalized spacial score (nSPS) is 13.3. The molecule has 0 bridgehead atoms. The lowest BCUT2D eigenvalue weighted by Crippen LogP contribution is -2.11. The van der Waals surface area contributed by atoms with Crippen LogP contribution < -0.4 is 0 Å². The SMILES string of the molecule is CCC(CC(=O)O)C[SH](=O)=O. The van der Waals surface area contributed by atoms with Crippen molar-refractivity contribution >= 4 is 16.7 Å². The molecule has 0 radical (unpaired) electrons. The maximum Gasteiger partial charge on any atom is 0.303 e. The molecule has 4 nitrogen and oxygen atoms in total. The summed E-state index contributed by atoms with van der Waals surface area (Å²) >= 11 is 0. The number of carboxylic acids is 1. The van der Waals surface area contributed by atoms with Crippen molar-refractivity contribution in [2.75, 3.05) is 5.75 Å². The van der Waals surface area contributed by atoms with Crippen molar-refractivity contribution < 1.29 is 18.3 Å². The molecule has 0 rings (SSSR count). The Kier molecular flexibility index (Phi) is 4.85. The third-order valence-corrected chi connectivity index (χ3v) is 2.26. The topological polar surface area (TPSA) is 71.4 Å². The molecular formula is C6H12O4S. The van der Waals surface area contributed by atoms with Crippen LogP contribution in [0.25, 0.3) is 0 Å². The number of aliphatic carboxylic acids is 1. The Balaban J connectivity index is 3.85. The average molecular weight is 180 g/mol. The van der Waals surface area contributed by atoms with Crippen molar-refractivity contribution in [2.45, 2.75) is 19.8 Å². The predicted molar refractivity (Wildman–Crippen MR) is 41.2 cm³/mol. The second-order valence-electron chi connectivity index (χ2n) is 2.39. The van der Waals surface area contributed by atoms with Crippen molar-refractivity contribution in [3.8, 4) is 0 Å². The molecule has 0 spiro atoms. The van der Waals surface area contributed by atoms with Crippen LogP contribution in [-0.4, -0.2) is 25.2 Å². The highest BCUT2D eigenvalue weighted by molar-refractivity contribution is 7.72. The minimum atomic E-state index is -2.44. The van der Waals surface area contributed by atoms with E-state index in [1.54, 1.807) is 6.92 Å². The van der Waals surface area contributed by atoms with Gasteiger partial charge in [0.15, 0.2) is 0 Å². The van der Waals surface area contributed by atoms with Gasteiger partial charge in [0, 0.05) is 6.42 Å². The zero-order valence-corrected chi connectivity index (χ0v) is 7.21. The van der Waals surface area contributed by atoms with E-state index in [1.807, 2.05) is 0 Å². The second kappa shape index (κ2) is 5.12. The van der Waals surface area contributed by atoms with Crippen LogP contribution in [0.3, 0.4) is 0 Å². The molecule has 5 heteroatoms. The van der Waals surface area contributed by atoms with Gasteiger partial charge < -0.3 is 5.11 Å². The Hall–Kier alpha value is -0.580. The van der Waals surface area contributed by atoms with Crippen LogP contribution >= 0.6 is 0 Å². The van der Waals surface area contributed by atoms with Gasteiger partial charge in [0.05, 0.1) is 5.75 Å². The van der Waals surface area contributed by atoms with Gasteiger partial charge in [-0.1, -0.05) is 13.3 Å². The van der Waals surface area contributed by atoms with Crippen molar-refractivity contribution in [3.05, 3.63) is 0 Å². The molecule has 1 atom stereocenters. The van der Waals surface area contributed by atoms with Gasteiger partial charge in [-0.05, 0) is 5.92 Å². The van der Waals surface area contributed by atoms with Crippen molar-refractivity contribution in [3.63, 3.8) is 0 Å². The molecule has 0 fully saturated rings. The van der Waals surface area contributed by atoms with E-state index >= 15 is 0 Å². The van der Waals surface area contributed by atoms with E-state index in [1.165, 1.54) is 0 Å². The highest BCUT2D eigenvalue weighted by atomic mass is 32.2. The molecule has 0 heterocycles. The first kappa shape index (κ1) is 10.4. The number of thiol groups is 1. The lowest BCUT2D eigenvalue weighted by Gasteiger charge is -2.06. The minimum Gasteiger partial charge on any atom is -0.481 e. The zero-order chi connectivity index (χ0) is 8.85. The van der Waals surface area contributed by atoms with Gasteiger partial charge in [-0.15, -0.1) is 0 Å². The Morgan fingerprint density at radius 1 is 1.55 bits per heavy atom. The highest BCUT2D eigenvalue weighted by Gasteiger charge is 2.11. The Bertz CT molecular complexity index is 189. The molecule has 1 unspecified atom stereocenters. The summed E-state index contributed by atoms with van der Waals surface area (Å²) in [7, 11) is -2.44. The summed E-state index contributed by atoms with van der Waals surface area (Å²) in [5, 5.41) is 8.33. The summed E-state index contributed by atoms with van der Waals surface area (Å²) in [5.41, 5.74) is 0. The molecule has 0 aromatic carbocycles. The molecule has 0 aliphatic rings. The van der Waals surface area contributed by atoms with Crippen LogP contribution in [0, 0.1) is 5.92 Å². The lowest BCUT2D eigenvalue weighted by molar-refractivity contribution is -0.137. The Morgan fingerprint density at radius 3 is 2.36 bits per heavy atom. The first-order chi connectivity index (χ1) is 5.06. The van der Waals surface area contributed by atoms with Crippen LogP contribution in [-0.2, 0) is 15.5 Å². The fourth-order valence-electron chi connectivity index (χ4n) is 0.796. The summed E-state index contributed by atoms with van der Waals surface area (Å²) in [5.74, 6) is -1.18. The third-order valence-electron chi connectivity index (χ3n) is 1.45. The van der Waals surface area contributed by atoms with Gasteiger partial charge in [-0.2, -0.15) is 0 Å². The van der Waals surface area contributed by atoms with Crippen molar-refractivity contribution in [1.82, 2.24) is 0 Å². The molecule has 0 aliphatic heterocycles. The van der Waals surface area contributed by atoms with Gasteiger partial charge in [0.2, 0.25) is 0 Å². The number of hydrogen-bond donors (Lipinski definition) is 2. The van der Waals surface area contributed by atoms with E-state index in [2.05, 4.69) is 0 Å². The van der Waals surface area contributed by atoms with Gasteiger partial charge in [0.25, 0.3) is 0 Å². The predicted octanol–water partition coefficient (Wildman–Crippen LogP) is 0.0987. The first-order valence-electron chi connectivity index (χ1n) is 3.39. The van der Waals surface area contributed by atoms with E-state index in [0.717, 1.165) is 0 Å². The zero-order valence-electron chi connectivity index (χ0n) is 6.32. The van der Waals surface area contributed by atoms with E-state index < -0.39 is 16.7 Å². The van der Waals surface area contributed by atoms with Gasteiger partial charge in [-0.25, -0.2) is 8.42 Å². The summed E-state index contributed by atoms with van der Waals surface area (Å²) in [4.78, 5) is 10.2. The third kappa shape index (κ3) is 5.84. The lowest BCUT2D eigenvalue weighted by atomic mass is 10.1. The molecule has 0 aliphatic carbocycles. The molecule has 11 heavy (non-hydrogen) atoms. The quantitative estimate of drug-likeness (QED) is 0.588. The Morgan fingerprint density at radius 2 is 2.09 bits per heavy atom. The molecule has 66 valence electrons. The number of hydrogen-bond acceptors (Lipinski definition) is 3. The van der Waals surface area contributed by atoms with Crippen LogP contribution in [0.1, 0.15) is 19.8 Å². The molecular weight excluding hydrogens is 168 g/mol. The van der Waals surface area contributed by atoms with E-state index in [0.29, 0.717) is 6.42 Å². The van der Waals surface area contributed by atoms with Crippen LogP contribution in [0.15, 0.2) is 0 Å². The minimum absolute atomic E-state index is 0.0157. The molecule has 0 amide bonds. The molecule has 1 N–H and O–H groups in total. The summed E-state index contributed by atoms with van der Waals surface area (Å²) in [6.45, 7) is 1.78. The van der Waals surface area contributed by atoms with Crippen LogP contribution in [0.5, 0.6) is 0 Å². The highest BCUT2D eigenvalue weighted by Crippen LogP contribution is 2.07. The molecule has 0 aromatic rings. The smallest absolute Gasteiger partial charge is 0.303 e. The Labute approximate surface area is 67.2 Å². The van der Waals surface area contributed by atoms with Gasteiger partial charge >= 0.3 is 5.97 Å². The number of carboxylic acid groups (broad SMARTS) is 1. The molecule has 0 saturated heterocycles.